The van der Waals surface area contributed by atoms with Gasteiger partial charge < -0.3 is 14.6 Å². The van der Waals surface area contributed by atoms with Crippen LogP contribution in [0.25, 0.3) is 0 Å². The zero-order valence-electron chi connectivity index (χ0n) is 11.6. The van der Waals surface area contributed by atoms with E-state index in [1.807, 2.05) is 0 Å². The Kier molecular flexibility index (Phi) is 4.23. The number of methoxy groups -OCH3 is 1. The topological polar surface area (TPSA) is 72.8 Å². The lowest BCUT2D eigenvalue weighted by Gasteiger charge is -2.08. The van der Waals surface area contributed by atoms with Gasteiger partial charge in [-0.05, 0) is 42.8 Å². The van der Waals surface area contributed by atoms with E-state index in [4.69, 9.17) is 4.74 Å². The summed E-state index contributed by atoms with van der Waals surface area (Å²) in [5.41, 5.74) is 1.04. The summed E-state index contributed by atoms with van der Waals surface area (Å²) in [6, 6.07) is 10.8. The predicted molar refractivity (Wildman–Crippen MR) is 75.6 cm³/mol. The summed E-state index contributed by atoms with van der Waals surface area (Å²) in [6.07, 6.45) is 0. The van der Waals surface area contributed by atoms with Gasteiger partial charge in [0.15, 0.2) is 0 Å². The summed E-state index contributed by atoms with van der Waals surface area (Å²) >= 11 is 0. The van der Waals surface area contributed by atoms with Crippen molar-refractivity contribution in [2.75, 3.05) is 7.11 Å². The van der Waals surface area contributed by atoms with Crippen molar-refractivity contribution in [3.63, 3.8) is 0 Å². The molecule has 5 heteroatoms. The second kappa shape index (κ2) is 6.09. The van der Waals surface area contributed by atoms with Crippen LogP contribution in [0.15, 0.2) is 42.5 Å². The van der Waals surface area contributed by atoms with Crippen LogP contribution in [-0.2, 0) is 4.74 Å². The summed E-state index contributed by atoms with van der Waals surface area (Å²) in [6.45, 7) is 1.69. The number of ether oxygens (including phenoxy) is 2. The van der Waals surface area contributed by atoms with Crippen LogP contribution in [0.3, 0.4) is 0 Å². The van der Waals surface area contributed by atoms with Crippen molar-refractivity contribution in [1.82, 2.24) is 0 Å². The molecule has 0 spiro atoms. The molecule has 2 aromatic rings. The van der Waals surface area contributed by atoms with Gasteiger partial charge in [-0.3, -0.25) is 0 Å². The zero-order chi connectivity index (χ0) is 15.4. The average Bonchev–Trinajstić information content (AvgIpc) is 2.50. The third-order valence-electron chi connectivity index (χ3n) is 2.94. The fourth-order valence-corrected chi connectivity index (χ4v) is 1.76. The maximum absolute atomic E-state index is 12.0. The molecular weight excluding hydrogens is 272 g/mol. The summed E-state index contributed by atoms with van der Waals surface area (Å²) < 4.78 is 9.73. The Balaban J connectivity index is 2.16. The van der Waals surface area contributed by atoms with Crippen molar-refractivity contribution < 1.29 is 24.2 Å². The molecule has 108 valence electrons. The Hall–Kier alpha value is -2.82. The molecule has 2 rings (SSSR count). The number of esters is 2. The molecule has 0 fully saturated rings. The monoisotopic (exact) mass is 286 g/mol. The molecule has 0 heterocycles. The van der Waals surface area contributed by atoms with Gasteiger partial charge in [0.05, 0.1) is 12.7 Å². The van der Waals surface area contributed by atoms with E-state index in [9.17, 15) is 14.7 Å². The molecule has 1 N–H and O–H groups in total. The molecule has 0 saturated carbocycles. The third-order valence-corrected chi connectivity index (χ3v) is 2.94. The number of aryl methyl sites for hydroxylation is 1. The van der Waals surface area contributed by atoms with Crippen LogP contribution < -0.4 is 4.74 Å². The Bertz CT molecular complexity index is 674. The molecule has 0 bridgehead atoms. The number of carbonyl (C=O) groups is 2. The van der Waals surface area contributed by atoms with E-state index >= 15 is 0 Å². The van der Waals surface area contributed by atoms with Crippen LogP contribution in [-0.4, -0.2) is 24.2 Å². The van der Waals surface area contributed by atoms with Crippen molar-refractivity contribution in [2.24, 2.45) is 0 Å². The minimum absolute atomic E-state index is 0.0899. The van der Waals surface area contributed by atoms with Crippen molar-refractivity contribution in [3.8, 4) is 11.5 Å². The van der Waals surface area contributed by atoms with Gasteiger partial charge in [0, 0.05) is 0 Å². The summed E-state index contributed by atoms with van der Waals surface area (Å²) in [7, 11) is 1.29. The van der Waals surface area contributed by atoms with Gasteiger partial charge in [0.25, 0.3) is 0 Å². The lowest BCUT2D eigenvalue weighted by molar-refractivity contribution is 0.0600. The van der Waals surface area contributed by atoms with Gasteiger partial charge in [0.2, 0.25) is 0 Å². The van der Waals surface area contributed by atoms with Gasteiger partial charge >= 0.3 is 11.9 Å². The van der Waals surface area contributed by atoms with E-state index in [0.717, 1.165) is 0 Å². The summed E-state index contributed by atoms with van der Waals surface area (Å²) in [5.74, 6) is -0.964. The first-order valence-electron chi connectivity index (χ1n) is 6.22. The minimum Gasteiger partial charge on any atom is -0.507 e. The quantitative estimate of drug-likeness (QED) is 0.693. The van der Waals surface area contributed by atoms with E-state index in [0.29, 0.717) is 11.1 Å². The molecular formula is C16H14O5. The maximum Gasteiger partial charge on any atom is 0.347 e. The number of phenols is 1. The second-order valence-corrected chi connectivity index (χ2v) is 4.38. The summed E-state index contributed by atoms with van der Waals surface area (Å²) in [5, 5.41) is 9.83. The molecule has 0 unspecified atom stereocenters. The lowest BCUT2D eigenvalue weighted by atomic mass is 10.1. The number of benzene rings is 2. The third kappa shape index (κ3) is 3.20. The Labute approximate surface area is 121 Å². The normalized spacial score (nSPS) is 10.0. The highest BCUT2D eigenvalue weighted by molar-refractivity contribution is 5.94. The van der Waals surface area contributed by atoms with Crippen LogP contribution in [0.4, 0.5) is 0 Å². The molecule has 0 saturated heterocycles. The summed E-state index contributed by atoms with van der Waals surface area (Å²) in [4.78, 5) is 23.3. The number of rotatable bonds is 3. The smallest absolute Gasteiger partial charge is 0.347 e. The predicted octanol–water partition coefficient (Wildman–Crippen LogP) is 2.71. The van der Waals surface area contributed by atoms with E-state index < -0.39 is 11.9 Å². The first-order valence-corrected chi connectivity index (χ1v) is 6.22. The molecule has 0 aliphatic heterocycles. The van der Waals surface area contributed by atoms with Gasteiger partial charge in [-0.15, -0.1) is 0 Å². The Morgan fingerprint density at radius 3 is 2.29 bits per heavy atom. The van der Waals surface area contributed by atoms with Crippen LogP contribution in [0, 0.1) is 6.92 Å². The van der Waals surface area contributed by atoms with E-state index in [1.54, 1.807) is 19.1 Å². The fourth-order valence-electron chi connectivity index (χ4n) is 1.76. The van der Waals surface area contributed by atoms with Crippen LogP contribution in [0.1, 0.15) is 26.3 Å². The molecule has 0 aliphatic rings. The van der Waals surface area contributed by atoms with Gasteiger partial charge in [-0.25, -0.2) is 9.59 Å². The highest BCUT2D eigenvalue weighted by Gasteiger charge is 2.15. The van der Waals surface area contributed by atoms with E-state index in [2.05, 4.69) is 4.74 Å². The number of para-hydroxylation sites is 1. The zero-order valence-corrected chi connectivity index (χ0v) is 11.6. The van der Waals surface area contributed by atoms with E-state index in [-0.39, 0.29) is 17.1 Å². The first-order chi connectivity index (χ1) is 10.0. The minimum atomic E-state index is -0.665. The standard InChI is InChI=1S/C16H14O5/c1-10-4-3-5-13(14(10)17)16(19)21-12-8-6-11(7-9-12)15(18)20-2/h3-9,17H,1-2H3. The second-order valence-electron chi connectivity index (χ2n) is 4.38. The molecule has 0 amide bonds. The van der Waals surface area contributed by atoms with Crippen molar-refractivity contribution in [3.05, 3.63) is 59.2 Å². The van der Waals surface area contributed by atoms with Gasteiger partial charge in [0.1, 0.15) is 17.1 Å². The largest absolute Gasteiger partial charge is 0.507 e. The van der Waals surface area contributed by atoms with E-state index in [1.165, 1.54) is 37.4 Å². The Morgan fingerprint density at radius 1 is 1.00 bits per heavy atom. The number of carbonyl (C=O) groups excluding carboxylic acids is 2. The number of phenolic OH excluding ortho intramolecular Hbond substituents is 1. The van der Waals surface area contributed by atoms with Crippen molar-refractivity contribution in [1.29, 1.82) is 0 Å². The van der Waals surface area contributed by atoms with Gasteiger partial charge in [-0.2, -0.15) is 0 Å². The molecule has 21 heavy (non-hydrogen) atoms. The lowest BCUT2D eigenvalue weighted by Crippen LogP contribution is -2.09. The average molecular weight is 286 g/mol. The van der Waals surface area contributed by atoms with Crippen LogP contribution in [0.5, 0.6) is 11.5 Å². The maximum atomic E-state index is 12.0. The molecule has 0 atom stereocenters. The van der Waals surface area contributed by atoms with Gasteiger partial charge in [-0.1, -0.05) is 12.1 Å². The molecule has 2 aromatic carbocycles. The first kappa shape index (κ1) is 14.6. The van der Waals surface area contributed by atoms with Crippen molar-refractivity contribution >= 4 is 11.9 Å². The number of aromatic hydroxyl groups is 1. The SMILES string of the molecule is COC(=O)c1ccc(OC(=O)c2cccc(C)c2O)cc1. The molecule has 0 radical (unpaired) electrons. The van der Waals surface area contributed by atoms with Crippen LogP contribution in [0.2, 0.25) is 0 Å². The number of hydrogen-bond acceptors (Lipinski definition) is 5. The fraction of sp³-hybridized carbons (Fsp3) is 0.125. The molecule has 0 aliphatic carbocycles. The van der Waals surface area contributed by atoms with Crippen molar-refractivity contribution in [2.45, 2.75) is 6.92 Å². The highest BCUT2D eigenvalue weighted by Crippen LogP contribution is 2.23. The van der Waals surface area contributed by atoms with Crippen LogP contribution >= 0.6 is 0 Å². The molecule has 5 nitrogen and oxygen atoms in total. The Morgan fingerprint density at radius 2 is 1.67 bits per heavy atom. The molecule has 0 aromatic heterocycles. The number of hydrogen-bond donors (Lipinski definition) is 1. The highest BCUT2D eigenvalue weighted by atomic mass is 16.5.